The van der Waals surface area contributed by atoms with Crippen LogP contribution in [-0.4, -0.2) is 29.1 Å². The van der Waals surface area contributed by atoms with E-state index in [1.165, 1.54) is 0 Å². The van der Waals surface area contributed by atoms with E-state index in [1.807, 2.05) is 33.0 Å². The Labute approximate surface area is 106 Å². The van der Waals surface area contributed by atoms with Gasteiger partial charge in [0.05, 0.1) is 18.5 Å². The fourth-order valence-electron chi connectivity index (χ4n) is 1.68. The second kappa shape index (κ2) is 5.00. The van der Waals surface area contributed by atoms with Crippen molar-refractivity contribution in [1.29, 1.82) is 0 Å². The summed E-state index contributed by atoms with van der Waals surface area (Å²) in [5.41, 5.74) is 3.19. The van der Waals surface area contributed by atoms with Gasteiger partial charge in [0.1, 0.15) is 17.1 Å². The molecule has 0 unspecified atom stereocenters. The molecule has 0 aliphatic heterocycles. The zero-order valence-electron chi connectivity index (χ0n) is 11.0. The number of aromatic nitrogens is 3. The summed E-state index contributed by atoms with van der Waals surface area (Å²) in [5.74, 6) is 1.39. The molecule has 0 bridgehead atoms. The highest BCUT2D eigenvalue weighted by Crippen LogP contribution is 2.30. The first-order valence-electron chi connectivity index (χ1n) is 5.69. The molecule has 0 aliphatic rings. The largest absolute Gasteiger partial charge is 0.494 e. The van der Waals surface area contributed by atoms with Gasteiger partial charge >= 0.3 is 0 Å². The van der Waals surface area contributed by atoms with Gasteiger partial charge in [-0.2, -0.15) is 0 Å². The van der Waals surface area contributed by atoms with Crippen molar-refractivity contribution in [3.05, 3.63) is 29.7 Å². The molecule has 0 fully saturated rings. The first kappa shape index (κ1) is 12.3. The minimum atomic E-state index is 0.687. The van der Waals surface area contributed by atoms with Gasteiger partial charge < -0.3 is 10.1 Å². The molecule has 2 rings (SSSR count). The quantitative estimate of drug-likeness (QED) is 0.897. The van der Waals surface area contributed by atoms with Crippen molar-refractivity contribution in [2.45, 2.75) is 13.8 Å². The molecule has 5 heteroatoms. The van der Waals surface area contributed by atoms with Crippen molar-refractivity contribution in [1.82, 2.24) is 15.0 Å². The predicted molar refractivity (Wildman–Crippen MR) is 70.8 cm³/mol. The smallest absolute Gasteiger partial charge is 0.154 e. The Hall–Kier alpha value is -2.17. The van der Waals surface area contributed by atoms with E-state index >= 15 is 0 Å². The number of aryl methyl sites for hydroxylation is 2. The lowest BCUT2D eigenvalue weighted by Gasteiger charge is -2.12. The van der Waals surface area contributed by atoms with Gasteiger partial charge in [0.25, 0.3) is 0 Å². The van der Waals surface area contributed by atoms with E-state index in [9.17, 15) is 0 Å². The van der Waals surface area contributed by atoms with Crippen molar-refractivity contribution in [3.8, 4) is 17.1 Å². The molecule has 0 aliphatic carbocycles. The van der Waals surface area contributed by atoms with E-state index in [-0.39, 0.29) is 0 Å². The van der Waals surface area contributed by atoms with Crippen molar-refractivity contribution in [2.24, 2.45) is 0 Å². The van der Waals surface area contributed by atoms with Crippen LogP contribution in [0.5, 0.6) is 5.75 Å². The Morgan fingerprint density at radius 1 is 1.11 bits per heavy atom. The summed E-state index contributed by atoms with van der Waals surface area (Å²) in [6.07, 6.45) is 1.72. The number of nitrogens with zero attached hydrogens (tertiary/aromatic N) is 3. The summed E-state index contributed by atoms with van der Waals surface area (Å²) in [5, 5.41) is 3.04. The van der Waals surface area contributed by atoms with Crippen LogP contribution in [0, 0.1) is 13.8 Å². The Morgan fingerprint density at radius 3 is 2.50 bits per heavy atom. The van der Waals surface area contributed by atoms with Gasteiger partial charge in [-0.05, 0) is 26.0 Å². The molecule has 0 saturated heterocycles. The van der Waals surface area contributed by atoms with E-state index in [0.717, 1.165) is 11.4 Å². The first-order chi connectivity index (χ1) is 8.67. The van der Waals surface area contributed by atoms with Gasteiger partial charge in [-0.25, -0.2) is 9.97 Å². The zero-order valence-corrected chi connectivity index (χ0v) is 11.0. The summed E-state index contributed by atoms with van der Waals surface area (Å²) >= 11 is 0. The normalized spacial score (nSPS) is 10.2. The third-order valence-electron chi connectivity index (χ3n) is 2.76. The first-order valence-corrected chi connectivity index (χ1v) is 5.69. The van der Waals surface area contributed by atoms with Gasteiger partial charge in [-0.1, -0.05) is 0 Å². The number of anilines is 1. The number of hydrogen-bond acceptors (Lipinski definition) is 5. The lowest BCUT2D eigenvalue weighted by Crippen LogP contribution is -2.04. The van der Waals surface area contributed by atoms with Crippen LogP contribution in [0.1, 0.15) is 11.4 Å². The van der Waals surface area contributed by atoms with Crippen LogP contribution in [0.25, 0.3) is 11.4 Å². The maximum Gasteiger partial charge on any atom is 0.154 e. The maximum absolute atomic E-state index is 5.31. The van der Waals surface area contributed by atoms with E-state index < -0.39 is 0 Å². The molecule has 0 spiro atoms. The third kappa shape index (κ3) is 2.11. The molecule has 2 heterocycles. The highest BCUT2D eigenvalue weighted by Gasteiger charge is 2.15. The Balaban J connectivity index is 2.66. The number of methoxy groups -OCH3 is 1. The molecule has 18 heavy (non-hydrogen) atoms. The lowest BCUT2D eigenvalue weighted by atomic mass is 10.2. The van der Waals surface area contributed by atoms with Crippen LogP contribution in [0.15, 0.2) is 18.3 Å². The molecular weight excluding hydrogens is 228 g/mol. The maximum atomic E-state index is 5.31. The number of pyridine rings is 1. The lowest BCUT2D eigenvalue weighted by molar-refractivity contribution is 0.414. The molecule has 2 aromatic rings. The third-order valence-corrected chi connectivity index (χ3v) is 2.76. The van der Waals surface area contributed by atoms with E-state index in [4.69, 9.17) is 4.74 Å². The second-order valence-electron chi connectivity index (χ2n) is 3.90. The molecule has 0 saturated carbocycles. The van der Waals surface area contributed by atoms with Crippen molar-refractivity contribution < 1.29 is 4.74 Å². The average Bonchev–Trinajstić information content (AvgIpc) is 2.41. The van der Waals surface area contributed by atoms with Gasteiger partial charge in [0.15, 0.2) is 5.82 Å². The van der Waals surface area contributed by atoms with Crippen LogP contribution in [0.4, 0.5) is 5.82 Å². The van der Waals surface area contributed by atoms with Crippen molar-refractivity contribution >= 4 is 5.82 Å². The van der Waals surface area contributed by atoms with E-state index in [1.54, 1.807) is 13.3 Å². The second-order valence-corrected chi connectivity index (χ2v) is 3.90. The van der Waals surface area contributed by atoms with Crippen LogP contribution >= 0.6 is 0 Å². The average molecular weight is 244 g/mol. The fourth-order valence-corrected chi connectivity index (χ4v) is 1.68. The van der Waals surface area contributed by atoms with Crippen molar-refractivity contribution in [3.63, 3.8) is 0 Å². The molecule has 5 nitrogen and oxygen atoms in total. The fraction of sp³-hybridized carbons (Fsp3) is 0.308. The number of rotatable bonds is 3. The summed E-state index contributed by atoms with van der Waals surface area (Å²) in [4.78, 5) is 13.4. The molecule has 0 amide bonds. The van der Waals surface area contributed by atoms with Crippen LogP contribution in [0.3, 0.4) is 0 Å². The molecule has 1 N–H and O–H groups in total. The standard InChI is InChI=1S/C13H16N4O/c1-8-9(2)17-13(14-3)12(16-8)11-10(18-4)6-5-7-15-11/h5-7H,1-4H3,(H,14,17). The Bertz CT molecular complexity index is 569. The number of hydrogen-bond donors (Lipinski definition) is 1. The summed E-state index contributed by atoms with van der Waals surface area (Å²) < 4.78 is 5.31. The van der Waals surface area contributed by atoms with Crippen molar-refractivity contribution in [2.75, 3.05) is 19.5 Å². The molecule has 2 aromatic heterocycles. The zero-order chi connectivity index (χ0) is 13.1. The Morgan fingerprint density at radius 2 is 1.83 bits per heavy atom. The minimum absolute atomic E-state index is 0.687. The molecule has 0 aromatic carbocycles. The van der Waals surface area contributed by atoms with Gasteiger partial charge in [-0.15, -0.1) is 0 Å². The van der Waals surface area contributed by atoms with Gasteiger partial charge in [-0.3, -0.25) is 4.98 Å². The van der Waals surface area contributed by atoms with Gasteiger partial charge in [0.2, 0.25) is 0 Å². The highest BCUT2D eigenvalue weighted by atomic mass is 16.5. The van der Waals surface area contributed by atoms with Gasteiger partial charge in [0, 0.05) is 13.2 Å². The summed E-state index contributed by atoms with van der Waals surface area (Å²) in [6.45, 7) is 3.86. The minimum Gasteiger partial charge on any atom is -0.494 e. The molecular formula is C13H16N4O. The topological polar surface area (TPSA) is 59.9 Å². The molecule has 0 atom stereocenters. The summed E-state index contributed by atoms with van der Waals surface area (Å²) in [6, 6.07) is 3.69. The summed E-state index contributed by atoms with van der Waals surface area (Å²) in [7, 11) is 3.44. The van der Waals surface area contributed by atoms with E-state index in [2.05, 4.69) is 20.3 Å². The number of ether oxygens (including phenoxy) is 1. The predicted octanol–water partition coefficient (Wildman–Crippen LogP) is 2.21. The van der Waals surface area contributed by atoms with Crippen LogP contribution < -0.4 is 10.1 Å². The SMILES string of the molecule is CNc1nc(C)c(C)nc1-c1ncccc1OC. The molecule has 94 valence electrons. The van der Waals surface area contributed by atoms with Crippen LogP contribution in [-0.2, 0) is 0 Å². The highest BCUT2D eigenvalue weighted by molar-refractivity contribution is 5.73. The Kier molecular flexibility index (Phi) is 3.41. The number of nitrogens with one attached hydrogen (secondary N) is 1. The van der Waals surface area contributed by atoms with Crippen LogP contribution in [0.2, 0.25) is 0 Å². The monoisotopic (exact) mass is 244 g/mol. The van der Waals surface area contributed by atoms with E-state index in [0.29, 0.717) is 23.0 Å². The molecule has 0 radical (unpaired) electrons.